The molecule has 0 aliphatic heterocycles. The second kappa shape index (κ2) is 9.98. The average molecular weight is 319 g/mol. The first-order chi connectivity index (χ1) is 9.58. The predicted molar refractivity (Wildman–Crippen MR) is 95.1 cm³/mol. The van der Waals surface area contributed by atoms with Crippen LogP contribution in [0.1, 0.15) is 52.4 Å². The molecule has 0 saturated carbocycles. The highest BCUT2D eigenvalue weighted by molar-refractivity contribution is 6.78. The van der Waals surface area contributed by atoms with Crippen molar-refractivity contribution in [3.63, 3.8) is 0 Å². The van der Waals surface area contributed by atoms with Crippen molar-refractivity contribution in [1.29, 1.82) is 0 Å². The van der Waals surface area contributed by atoms with Gasteiger partial charge in [-0.1, -0.05) is 64.6 Å². The highest BCUT2D eigenvalue weighted by Gasteiger charge is 2.31. The van der Waals surface area contributed by atoms with E-state index in [0.717, 1.165) is 4.48 Å². The summed E-state index contributed by atoms with van der Waals surface area (Å²) in [5.41, 5.74) is 0.217. The minimum absolute atomic E-state index is 0.217. The zero-order valence-electron chi connectivity index (χ0n) is 15.6. The van der Waals surface area contributed by atoms with Crippen molar-refractivity contribution >= 4 is 8.07 Å². The standard InChI is InChI=1S/C17H40NO2Si/c1-8-9-10-11-12-13-14-21(6,7)16(2)20-17(19)15-18(3,4)5/h16-17,19H,8-15H2,1-7H3/q+1. The molecule has 0 aliphatic rings. The van der Waals surface area contributed by atoms with Gasteiger partial charge in [-0.15, -0.1) is 0 Å². The molecule has 0 saturated heterocycles. The van der Waals surface area contributed by atoms with E-state index in [0.29, 0.717) is 6.54 Å². The number of aliphatic hydroxyl groups is 1. The first kappa shape index (κ1) is 21.1. The molecule has 0 aromatic rings. The Balaban J connectivity index is 4.00. The summed E-state index contributed by atoms with van der Waals surface area (Å²) in [6.45, 7) is 9.84. The third kappa shape index (κ3) is 11.3. The summed E-state index contributed by atoms with van der Waals surface area (Å²) in [7, 11) is 4.84. The number of hydrogen-bond acceptors (Lipinski definition) is 2. The summed E-state index contributed by atoms with van der Waals surface area (Å²) >= 11 is 0. The van der Waals surface area contributed by atoms with Crippen molar-refractivity contribution in [3.8, 4) is 0 Å². The van der Waals surface area contributed by atoms with Gasteiger partial charge in [-0.3, -0.25) is 0 Å². The van der Waals surface area contributed by atoms with E-state index in [1.807, 2.05) is 0 Å². The molecule has 0 fully saturated rings. The minimum Gasteiger partial charge on any atom is -0.364 e. The van der Waals surface area contributed by atoms with Crippen LogP contribution in [0.15, 0.2) is 0 Å². The van der Waals surface area contributed by atoms with Gasteiger partial charge >= 0.3 is 0 Å². The van der Waals surface area contributed by atoms with Crippen molar-refractivity contribution in [2.24, 2.45) is 0 Å². The Morgan fingerprint density at radius 1 is 1.00 bits per heavy atom. The van der Waals surface area contributed by atoms with Crippen LogP contribution in [0.25, 0.3) is 0 Å². The second-order valence-electron chi connectivity index (χ2n) is 8.21. The summed E-state index contributed by atoms with van der Waals surface area (Å²) in [5.74, 6) is 0. The highest BCUT2D eigenvalue weighted by atomic mass is 28.3. The van der Waals surface area contributed by atoms with Gasteiger partial charge in [0.25, 0.3) is 0 Å². The molecule has 0 spiro atoms. The molecule has 0 heterocycles. The Morgan fingerprint density at radius 3 is 2.05 bits per heavy atom. The number of ether oxygens (including phenoxy) is 1. The quantitative estimate of drug-likeness (QED) is 0.255. The van der Waals surface area contributed by atoms with Crippen molar-refractivity contribution in [1.82, 2.24) is 0 Å². The molecule has 0 amide bonds. The second-order valence-corrected chi connectivity index (χ2v) is 13.5. The number of rotatable bonds is 12. The van der Waals surface area contributed by atoms with Crippen LogP contribution in [-0.4, -0.2) is 57.4 Å². The van der Waals surface area contributed by atoms with Gasteiger partial charge < -0.3 is 14.3 Å². The van der Waals surface area contributed by atoms with E-state index in [9.17, 15) is 5.11 Å². The van der Waals surface area contributed by atoms with Crippen LogP contribution >= 0.6 is 0 Å². The normalized spacial score (nSPS) is 16.0. The van der Waals surface area contributed by atoms with Crippen LogP contribution in [-0.2, 0) is 4.74 Å². The molecule has 2 unspecified atom stereocenters. The fourth-order valence-electron chi connectivity index (χ4n) is 2.50. The highest BCUT2D eigenvalue weighted by Crippen LogP contribution is 2.22. The lowest BCUT2D eigenvalue weighted by molar-refractivity contribution is -0.876. The molecule has 0 aliphatic carbocycles. The summed E-state index contributed by atoms with van der Waals surface area (Å²) in [6.07, 6.45) is 7.47. The lowest BCUT2D eigenvalue weighted by atomic mass is 10.1. The van der Waals surface area contributed by atoms with Gasteiger partial charge in [-0.2, -0.15) is 0 Å². The first-order valence-corrected chi connectivity index (χ1v) is 12.0. The molecule has 3 nitrogen and oxygen atoms in total. The zero-order chi connectivity index (χ0) is 16.5. The third-order valence-corrected chi connectivity index (χ3v) is 8.32. The van der Waals surface area contributed by atoms with Gasteiger partial charge in [0.15, 0.2) is 0 Å². The predicted octanol–water partition coefficient (Wildman–Crippen LogP) is 4.02. The molecule has 4 heteroatoms. The van der Waals surface area contributed by atoms with Crippen LogP contribution < -0.4 is 0 Å². The number of unbranched alkanes of at least 4 members (excludes halogenated alkanes) is 5. The zero-order valence-corrected chi connectivity index (χ0v) is 16.6. The third-order valence-electron chi connectivity index (χ3n) is 4.34. The molecular formula is C17H40NO2Si+. The summed E-state index contributed by atoms with van der Waals surface area (Å²) < 4.78 is 6.62. The van der Waals surface area contributed by atoms with E-state index in [1.165, 1.54) is 44.6 Å². The fraction of sp³-hybridized carbons (Fsp3) is 1.00. The smallest absolute Gasteiger partial charge is 0.205 e. The van der Waals surface area contributed by atoms with Gasteiger partial charge in [0.05, 0.1) is 29.2 Å². The fourth-order valence-corrected chi connectivity index (χ4v) is 4.59. The van der Waals surface area contributed by atoms with E-state index >= 15 is 0 Å². The summed E-state index contributed by atoms with van der Waals surface area (Å²) in [5, 5.41) is 10.1. The van der Waals surface area contributed by atoms with Crippen LogP contribution in [0, 0.1) is 0 Å². The average Bonchev–Trinajstić information content (AvgIpc) is 2.31. The summed E-state index contributed by atoms with van der Waals surface area (Å²) in [6, 6.07) is 1.30. The summed E-state index contributed by atoms with van der Waals surface area (Å²) in [4.78, 5) is 0. The van der Waals surface area contributed by atoms with E-state index in [2.05, 4.69) is 48.1 Å². The van der Waals surface area contributed by atoms with E-state index < -0.39 is 14.4 Å². The van der Waals surface area contributed by atoms with Crippen LogP contribution in [0.5, 0.6) is 0 Å². The van der Waals surface area contributed by atoms with Crippen LogP contribution in [0.4, 0.5) is 0 Å². The molecule has 128 valence electrons. The molecule has 0 aromatic heterocycles. The van der Waals surface area contributed by atoms with Gasteiger partial charge in [-0.25, -0.2) is 0 Å². The van der Waals surface area contributed by atoms with Crippen molar-refractivity contribution < 1.29 is 14.3 Å². The lowest BCUT2D eigenvalue weighted by Crippen LogP contribution is -2.48. The topological polar surface area (TPSA) is 29.5 Å². The minimum atomic E-state index is -1.40. The molecule has 0 rings (SSSR count). The Hall–Kier alpha value is 0.0969. The van der Waals surface area contributed by atoms with Crippen molar-refractivity contribution in [2.75, 3.05) is 27.7 Å². The van der Waals surface area contributed by atoms with Crippen LogP contribution in [0.3, 0.4) is 0 Å². The maximum absolute atomic E-state index is 10.1. The molecule has 1 N–H and O–H groups in total. The molecule has 21 heavy (non-hydrogen) atoms. The number of hydrogen-bond donors (Lipinski definition) is 1. The number of quaternary nitrogens is 1. The number of nitrogens with zero attached hydrogens (tertiary/aromatic N) is 1. The van der Waals surface area contributed by atoms with Gasteiger partial charge in [0.1, 0.15) is 6.54 Å². The monoisotopic (exact) mass is 318 g/mol. The largest absolute Gasteiger partial charge is 0.364 e. The molecular weight excluding hydrogens is 278 g/mol. The number of likely N-dealkylation sites (N-methyl/N-ethyl adjacent to an activating group) is 1. The van der Waals surface area contributed by atoms with Crippen molar-refractivity contribution in [3.05, 3.63) is 0 Å². The molecule has 2 atom stereocenters. The molecule has 0 radical (unpaired) electrons. The SMILES string of the molecule is CCCCCCCC[Si](C)(C)C(C)OC(O)C[N+](C)(C)C. The maximum Gasteiger partial charge on any atom is 0.205 e. The molecule has 0 bridgehead atoms. The first-order valence-electron chi connectivity index (χ1n) is 8.72. The lowest BCUT2D eigenvalue weighted by Gasteiger charge is -2.33. The van der Waals surface area contributed by atoms with E-state index in [-0.39, 0.29) is 5.73 Å². The van der Waals surface area contributed by atoms with E-state index in [1.54, 1.807) is 0 Å². The Morgan fingerprint density at radius 2 is 1.52 bits per heavy atom. The van der Waals surface area contributed by atoms with Gasteiger partial charge in [0, 0.05) is 5.73 Å². The van der Waals surface area contributed by atoms with Gasteiger partial charge in [0.2, 0.25) is 6.29 Å². The Kier molecular flexibility index (Phi) is 10.0. The Bertz CT molecular complexity index is 264. The molecule has 0 aromatic carbocycles. The van der Waals surface area contributed by atoms with Crippen molar-refractivity contribution in [2.45, 2.75) is 83.5 Å². The van der Waals surface area contributed by atoms with E-state index in [4.69, 9.17) is 4.74 Å². The van der Waals surface area contributed by atoms with Crippen LogP contribution in [0.2, 0.25) is 19.1 Å². The van der Waals surface area contributed by atoms with Gasteiger partial charge in [-0.05, 0) is 6.92 Å². The Labute approximate surface area is 134 Å². The number of aliphatic hydroxyl groups excluding tert-OH is 1. The maximum atomic E-state index is 10.1.